The predicted octanol–water partition coefficient (Wildman–Crippen LogP) is 2.75. The predicted molar refractivity (Wildman–Crippen MR) is 43.5 cm³/mol. The van der Waals surface area contributed by atoms with Crippen molar-refractivity contribution in [2.45, 2.75) is 29.1 Å². The Kier molecular flexibility index (Phi) is 5.83. The Balaban J connectivity index is 5.08. The second kappa shape index (κ2) is 5.81. The number of alkyl halides is 7. The monoisotopic (exact) mass is 378 g/mol. The minimum absolute atomic E-state index is 0.105. The zero-order chi connectivity index (χ0) is 13.9. The summed E-state index contributed by atoms with van der Waals surface area (Å²) in [5.74, 6) is -11.6. The molecule has 0 unspecified atom stereocenters. The van der Waals surface area contributed by atoms with Gasteiger partial charge in [-0.25, -0.2) is 0 Å². The van der Waals surface area contributed by atoms with Crippen molar-refractivity contribution in [1.82, 2.24) is 0 Å². The maximum atomic E-state index is 12.9. The second-order valence-electron chi connectivity index (χ2n) is 3.12. The molecule has 0 saturated heterocycles. The molecule has 0 N–H and O–H groups in total. The van der Waals surface area contributed by atoms with Crippen LogP contribution in [-0.2, 0) is 6.15 Å². The van der Waals surface area contributed by atoms with Crippen LogP contribution in [0.5, 0.6) is 0 Å². The third-order valence-electron chi connectivity index (χ3n) is 1.72. The van der Waals surface area contributed by atoms with Gasteiger partial charge < -0.3 is 0 Å². The molecule has 0 fully saturated rings. The molecular formula is C7H9F7O2Sn. The first-order valence-electron chi connectivity index (χ1n) is 4.41. The van der Waals surface area contributed by atoms with Crippen LogP contribution in [-0.4, -0.2) is 49.2 Å². The van der Waals surface area contributed by atoms with Crippen LogP contribution >= 0.6 is 0 Å². The molecule has 0 aromatic heterocycles. The van der Waals surface area contributed by atoms with Gasteiger partial charge in [-0.05, 0) is 0 Å². The first-order valence-corrected chi connectivity index (χ1v) is 8.17. The first-order chi connectivity index (χ1) is 7.54. The Labute approximate surface area is 99.8 Å². The van der Waals surface area contributed by atoms with Crippen LogP contribution in [0, 0.1) is 0 Å². The van der Waals surface area contributed by atoms with Gasteiger partial charge in [0, 0.05) is 0 Å². The van der Waals surface area contributed by atoms with E-state index in [4.69, 9.17) is 0 Å². The molecule has 102 valence electrons. The fraction of sp³-hybridized carbons (Fsp3) is 1.00. The van der Waals surface area contributed by atoms with Gasteiger partial charge in [0.25, 0.3) is 0 Å². The van der Waals surface area contributed by atoms with Crippen LogP contribution < -0.4 is 0 Å². The van der Waals surface area contributed by atoms with Crippen LogP contribution in [0.2, 0.25) is 0 Å². The summed E-state index contributed by atoms with van der Waals surface area (Å²) < 4.78 is 96.6. The standard InChI is InChI=1S/C4H2F7.C3H7O.O.Sn/c5-1-3(8,9)4(10,11)2(6)7;1-2-3-4;;/h1H2;2-3H2,1H3;;/q;-1;;+1. The van der Waals surface area contributed by atoms with Crippen molar-refractivity contribution < 1.29 is 36.9 Å². The van der Waals surface area contributed by atoms with Gasteiger partial charge in [0.15, 0.2) is 0 Å². The van der Waals surface area contributed by atoms with E-state index in [9.17, 15) is 33.8 Å². The van der Waals surface area contributed by atoms with E-state index in [-0.39, 0.29) is 6.42 Å². The number of hydrogen-bond donors (Lipinski definition) is 0. The van der Waals surface area contributed by atoms with Crippen molar-refractivity contribution in [3.63, 3.8) is 0 Å². The molecule has 0 aliphatic rings. The Morgan fingerprint density at radius 1 is 1.12 bits per heavy atom. The zero-order valence-corrected chi connectivity index (χ0v) is 11.4. The third kappa shape index (κ3) is 3.29. The van der Waals surface area contributed by atoms with Gasteiger partial charge in [0.05, 0.1) is 0 Å². The van der Waals surface area contributed by atoms with Crippen LogP contribution in [0.25, 0.3) is 0 Å². The molecule has 0 saturated carbocycles. The minimum atomic E-state index is -6.03. The summed E-state index contributed by atoms with van der Waals surface area (Å²) in [5.41, 5.74) is 0. The molecular weight excluding hydrogens is 368 g/mol. The fourth-order valence-corrected chi connectivity index (χ4v) is 3.61. The maximum absolute atomic E-state index is 12.9. The Morgan fingerprint density at radius 2 is 1.59 bits per heavy atom. The quantitative estimate of drug-likeness (QED) is 0.504. The second-order valence-corrected chi connectivity index (χ2v) is 7.38. The van der Waals surface area contributed by atoms with Crippen LogP contribution in [0.1, 0.15) is 13.3 Å². The topological polar surface area (TPSA) is 26.3 Å². The Morgan fingerprint density at radius 3 is 1.94 bits per heavy atom. The Bertz CT molecular complexity index is 281. The fourth-order valence-electron chi connectivity index (χ4n) is 0.727. The van der Waals surface area contributed by atoms with Crippen molar-refractivity contribution in [1.29, 1.82) is 0 Å². The van der Waals surface area contributed by atoms with E-state index in [1.807, 2.05) is 0 Å². The van der Waals surface area contributed by atoms with E-state index in [1.165, 1.54) is 6.92 Å². The van der Waals surface area contributed by atoms with Crippen LogP contribution in [0.4, 0.5) is 30.7 Å². The van der Waals surface area contributed by atoms with Crippen molar-refractivity contribution in [2.75, 3.05) is 13.3 Å². The number of halogens is 7. The summed E-state index contributed by atoms with van der Waals surface area (Å²) in [5, 5.41) is 0. The summed E-state index contributed by atoms with van der Waals surface area (Å²) in [6, 6.07) is 0. The molecule has 0 spiro atoms. The molecule has 0 aliphatic heterocycles. The van der Waals surface area contributed by atoms with E-state index in [0.717, 1.165) is 0 Å². The van der Waals surface area contributed by atoms with E-state index in [0.29, 0.717) is 0 Å². The summed E-state index contributed by atoms with van der Waals surface area (Å²) in [6.07, 6.45) is 0.105. The molecule has 2 nitrogen and oxygen atoms in total. The van der Waals surface area contributed by atoms with Gasteiger partial charge in [-0.3, -0.25) is 0 Å². The van der Waals surface area contributed by atoms with Gasteiger partial charge in [-0.15, -0.1) is 0 Å². The van der Waals surface area contributed by atoms with Gasteiger partial charge in [0.2, 0.25) is 0 Å². The molecule has 10 heteroatoms. The van der Waals surface area contributed by atoms with Gasteiger partial charge in [-0.2, -0.15) is 0 Å². The van der Waals surface area contributed by atoms with Crippen molar-refractivity contribution in [3.8, 4) is 0 Å². The van der Waals surface area contributed by atoms with Crippen molar-refractivity contribution in [2.24, 2.45) is 0 Å². The molecule has 0 atom stereocenters. The Hall–Kier alpha value is 0.0687. The molecule has 0 radical (unpaired) electrons. The first kappa shape index (κ1) is 17.1. The molecule has 0 amide bonds. The van der Waals surface area contributed by atoms with E-state index in [2.05, 4.69) is 3.07 Å². The van der Waals surface area contributed by atoms with E-state index in [1.54, 1.807) is 0 Å². The third-order valence-corrected chi connectivity index (χ3v) is 5.41. The average Bonchev–Trinajstić information content (AvgIpc) is 2.24. The molecule has 0 aliphatic carbocycles. The van der Waals surface area contributed by atoms with Gasteiger partial charge in [0.1, 0.15) is 0 Å². The summed E-state index contributed by atoms with van der Waals surface area (Å²) in [7, 11) is 0. The summed E-state index contributed by atoms with van der Waals surface area (Å²) >= 11 is -5.76. The van der Waals surface area contributed by atoms with E-state index < -0.39 is 49.2 Å². The summed E-state index contributed by atoms with van der Waals surface area (Å²) in [6.45, 7) is -2.06. The van der Waals surface area contributed by atoms with Crippen molar-refractivity contribution >= 4 is 20.2 Å². The molecule has 0 aromatic carbocycles. The number of hydrogen-bond acceptors (Lipinski definition) is 2. The van der Waals surface area contributed by atoms with E-state index >= 15 is 0 Å². The summed E-state index contributed by atoms with van der Waals surface area (Å²) in [4.78, 5) is 0. The zero-order valence-electron chi connectivity index (χ0n) is 8.58. The number of rotatable bonds is 7. The van der Waals surface area contributed by atoms with Crippen LogP contribution in [0.3, 0.4) is 0 Å². The molecule has 0 bridgehead atoms. The van der Waals surface area contributed by atoms with Crippen LogP contribution in [0.15, 0.2) is 0 Å². The normalized spacial score (nSPS) is 13.9. The molecule has 0 aromatic rings. The molecule has 17 heavy (non-hydrogen) atoms. The van der Waals surface area contributed by atoms with Crippen molar-refractivity contribution in [3.05, 3.63) is 0 Å². The molecule has 0 heterocycles. The van der Waals surface area contributed by atoms with Gasteiger partial charge >= 0.3 is 99.5 Å². The average molecular weight is 377 g/mol. The van der Waals surface area contributed by atoms with Gasteiger partial charge in [-0.1, -0.05) is 0 Å². The SMILES string of the molecule is CCC[O][Sn](=[O])[C](F)(F)C(F)(F)C(F)(F)CF. The molecule has 0 rings (SSSR count).